The van der Waals surface area contributed by atoms with Gasteiger partial charge in [-0.1, -0.05) is 24.6 Å². The lowest BCUT2D eigenvalue weighted by Gasteiger charge is -2.39. The van der Waals surface area contributed by atoms with Crippen molar-refractivity contribution in [3.05, 3.63) is 29.8 Å². The second kappa shape index (κ2) is 6.51. The molecule has 1 aliphatic carbocycles. The van der Waals surface area contributed by atoms with E-state index in [1.165, 1.54) is 43.0 Å². The summed E-state index contributed by atoms with van der Waals surface area (Å²) in [6.45, 7) is 2.41. The highest BCUT2D eigenvalue weighted by atomic mass is 35.5. The molecule has 0 radical (unpaired) electrons. The molecule has 1 aromatic carbocycles. The molecule has 3 heteroatoms. The van der Waals surface area contributed by atoms with Gasteiger partial charge < -0.3 is 0 Å². The van der Waals surface area contributed by atoms with Crippen molar-refractivity contribution in [3.8, 4) is 0 Å². The van der Waals surface area contributed by atoms with Gasteiger partial charge in [0.15, 0.2) is 0 Å². The van der Waals surface area contributed by atoms with Crippen LogP contribution in [0.3, 0.4) is 0 Å². The monoisotopic (exact) mass is 295 g/mol. The molecule has 3 rings (SSSR count). The Bertz CT molecular complexity index is 419. The topological polar surface area (TPSA) is 3.24 Å². The Kier molecular flexibility index (Phi) is 4.73. The lowest BCUT2D eigenvalue weighted by Crippen LogP contribution is -2.43. The lowest BCUT2D eigenvalue weighted by atomic mass is 9.90. The van der Waals surface area contributed by atoms with Crippen LogP contribution in [0.15, 0.2) is 29.2 Å². The van der Waals surface area contributed by atoms with Gasteiger partial charge in [0.25, 0.3) is 0 Å². The van der Waals surface area contributed by atoms with Crippen molar-refractivity contribution in [1.29, 1.82) is 0 Å². The fourth-order valence-electron chi connectivity index (χ4n) is 3.10. The second-order valence-electron chi connectivity index (χ2n) is 5.67. The van der Waals surface area contributed by atoms with Gasteiger partial charge in [-0.05, 0) is 37.4 Å². The van der Waals surface area contributed by atoms with Crippen LogP contribution in [0.1, 0.15) is 37.2 Å². The van der Waals surface area contributed by atoms with Crippen LogP contribution in [-0.2, 0) is 0 Å². The van der Waals surface area contributed by atoms with E-state index in [9.17, 15) is 0 Å². The average molecular weight is 296 g/mol. The first-order chi connectivity index (χ1) is 9.38. The molecule has 1 atom stereocenters. The number of alkyl halides is 1. The van der Waals surface area contributed by atoms with E-state index in [1.54, 1.807) is 5.56 Å². The molecule has 1 nitrogen and oxygen atoms in total. The summed E-state index contributed by atoms with van der Waals surface area (Å²) in [6, 6.07) is 9.77. The molecule has 0 aromatic heterocycles. The van der Waals surface area contributed by atoms with E-state index in [2.05, 4.69) is 29.2 Å². The molecule has 1 aromatic rings. The number of hydrogen-bond acceptors (Lipinski definition) is 2. The fourth-order valence-corrected chi connectivity index (χ4v) is 4.46. The van der Waals surface area contributed by atoms with E-state index in [4.69, 9.17) is 11.6 Å². The zero-order chi connectivity index (χ0) is 13.1. The zero-order valence-electron chi connectivity index (χ0n) is 11.4. The molecule has 19 heavy (non-hydrogen) atoms. The van der Waals surface area contributed by atoms with Crippen LogP contribution in [0.25, 0.3) is 0 Å². The van der Waals surface area contributed by atoms with Crippen molar-refractivity contribution in [2.24, 2.45) is 0 Å². The maximum absolute atomic E-state index is 5.88. The van der Waals surface area contributed by atoms with Gasteiger partial charge in [0.05, 0.1) is 0 Å². The summed E-state index contributed by atoms with van der Waals surface area (Å²) in [5.41, 5.74) is 1.57. The van der Waals surface area contributed by atoms with Crippen LogP contribution in [0.2, 0.25) is 0 Å². The number of rotatable bonds is 6. The number of nitrogens with zero attached hydrogens (tertiary/aromatic N) is 1. The Morgan fingerprint density at radius 1 is 1.26 bits per heavy atom. The molecular weight excluding hydrogens is 274 g/mol. The normalized spacial score (nSPS) is 22.5. The third-order valence-corrected chi connectivity index (χ3v) is 5.94. The molecule has 2 aliphatic rings. The molecule has 0 saturated heterocycles. The second-order valence-corrected chi connectivity index (χ2v) is 7.11. The van der Waals surface area contributed by atoms with E-state index >= 15 is 0 Å². The highest BCUT2D eigenvalue weighted by Gasteiger charge is 2.30. The molecular formula is C16H22ClNS. The molecule has 1 unspecified atom stereocenters. The third kappa shape index (κ3) is 3.12. The third-order valence-electron chi connectivity index (χ3n) is 4.42. The fraction of sp³-hybridized carbons (Fsp3) is 0.625. The van der Waals surface area contributed by atoms with Crippen molar-refractivity contribution in [2.45, 2.75) is 42.5 Å². The van der Waals surface area contributed by atoms with Gasteiger partial charge in [-0.15, -0.1) is 23.4 Å². The first-order valence-electron chi connectivity index (χ1n) is 7.40. The van der Waals surface area contributed by atoms with Crippen molar-refractivity contribution in [1.82, 2.24) is 4.90 Å². The lowest BCUT2D eigenvalue weighted by molar-refractivity contribution is 0.122. The maximum Gasteiger partial charge on any atom is 0.0235 e. The van der Waals surface area contributed by atoms with Gasteiger partial charge >= 0.3 is 0 Å². The highest BCUT2D eigenvalue weighted by Crippen LogP contribution is 2.40. The summed E-state index contributed by atoms with van der Waals surface area (Å²) in [6.07, 6.45) is 5.32. The van der Waals surface area contributed by atoms with Crippen LogP contribution in [0.5, 0.6) is 0 Å². The SMILES string of the molecule is ClCCCN(CC1CSc2ccccc21)C1CCC1. The number of benzene rings is 1. The summed E-state index contributed by atoms with van der Waals surface area (Å²) < 4.78 is 0. The predicted octanol–water partition coefficient (Wildman–Crippen LogP) is 4.36. The summed E-state index contributed by atoms with van der Waals surface area (Å²) in [5, 5.41) is 0. The Balaban J connectivity index is 1.65. The van der Waals surface area contributed by atoms with E-state index in [0.29, 0.717) is 0 Å². The minimum atomic E-state index is 0.720. The number of fused-ring (bicyclic) bond motifs is 1. The van der Waals surface area contributed by atoms with Crippen molar-refractivity contribution in [3.63, 3.8) is 0 Å². The molecule has 0 bridgehead atoms. The Hall–Kier alpha value is -0.180. The summed E-state index contributed by atoms with van der Waals surface area (Å²) in [5.74, 6) is 2.76. The molecule has 1 fully saturated rings. The maximum atomic E-state index is 5.88. The molecule has 1 heterocycles. The van der Waals surface area contributed by atoms with E-state index < -0.39 is 0 Å². The van der Waals surface area contributed by atoms with Gasteiger partial charge in [-0.25, -0.2) is 0 Å². The minimum absolute atomic E-state index is 0.720. The number of thioether (sulfide) groups is 1. The first kappa shape index (κ1) is 13.8. The van der Waals surface area contributed by atoms with Gasteiger partial charge in [0.2, 0.25) is 0 Å². The summed E-state index contributed by atoms with van der Waals surface area (Å²) in [4.78, 5) is 4.21. The molecule has 0 N–H and O–H groups in total. The van der Waals surface area contributed by atoms with Crippen molar-refractivity contribution >= 4 is 23.4 Å². The van der Waals surface area contributed by atoms with E-state index in [-0.39, 0.29) is 0 Å². The molecule has 0 spiro atoms. The van der Waals surface area contributed by atoms with Gasteiger partial charge in [0.1, 0.15) is 0 Å². The smallest absolute Gasteiger partial charge is 0.0235 e. The highest BCUT2D eigenvalue weighted by molar-refractivity contribution is 7.99. The van der Waals surface area contributed by atoms with Crippen LogP contribution >= 0.6 is 23.4 Å². The van der Waals surface area contributed by atoms with Crippen molar-refractivity contribution < 1.29 is 0 Å². The molecule has 1 aliphatic heterocycles. The Morgan fingerprint density at radius 3 is 2.84 bits per heavy atom. The standard InChI is InChI=1S/C16H22ClNS/c17-9-4-10-18(14-5-3-6-14)11-13-12-19-16-8-2-1-7-15(13)16/h1-2,7-8,13-14H,3-6,9-12H2. The summed E-state index contributed by atoms with van der Waals surface area (Å²) in [7, 11) is 0. The molecule has 1 saturated carbocycles. The summed E-state index contributed by atoms with van der Waals surface area (Å²) >= 11 is 7.90. The quantitative estimate of drug-likeness (QED) is 0.718. The van der Waals surface area contributed by atoms with Crippen LogP contribution in [0, 0.1) is 0 Å². The number of halogens is 1. The van der Waals surface area contributed by atoms with E-state index in [1.807, 2.05) is 11.8 Å². The van der Waals surface area contributed by atoms with Gasteiger partial charge in [0, 0.05) is 35.0 Å². The minimum Gasteiger partial charge on any atom is -0.300 e. The number of hydrogen-bond donors (Lipinski definition) is 0. The first-order valence-corrected chi connectivity index (χ1v) is 8.92. The van der Waals surface area contributed by atoms with E-state index in [0.717, 1.165) is 24.3 Å². The van der Waals surface area contributed by atoms with Crippen LogP contribution < -0.4 is 0 Å². The van der Waals surface area contributed by atoms with Gasteiger partial charge in [-0.3, -0.25) is 4.90 Å². The molecule has 0 amide bonds. The zero-order valence-corrected chi connectivity index (χ0v) is 12.9. The Morgan fingerprint density at radius 2 is 2.11 bits per heavy atom. The van der Waals surface area contributed by atoms with Crippen LogP contribution in [-0.4, -0.2) is 35.7 Å². The largest absolute Gasteiger partial charge is 0.300 e. The van der Waals surface area contributed by atoms with Gasteiger partial charge in [-0.2, -0.15) is 0 Å². The van der Waals surface area contributed by atoms with Crippen LogP contribution in [0.4, 0.5) is 0 Å². The van der Waals surface area contributed by atoms with Crippen molar-refractivity contribution in [2.75, 3.05) is 24.7 Å². The predicted molar refractivity (Wildman–Crippen MR) is 84.5 cm³/mol. The average Bonchev–Trinajstić information content (AvgIpc) is 2.77. The Labute approximate surface area is 125 Å². The molecule has 104 valence electrons.